The van der Waals surface area contributed by atoms with E-state index in [0.29, 0.717) is 37.9 Å². The fraction of sp³-hybridized carbons (Fsp3) is 0.961. The van der Waals surface area contributed by atoms with Crippen LogP contribution in [0.1, 0.15) is 240 Å². The van der Waals surface area contributed by atoms with E-state index in [4.69, 9.17) is 23.7 Å². The van der Waals surface area contributed by atoms with Crippen LogP contribution in [-0.2, 0) is 33.3 Å². The summed E-state index contributed by atoms with van der Waals surface area (Å²) in [5, 5.41) is 0. The highest BCUT2D eigenvalue weighted by Crippen LogP contribution is 2.36. The second-order valence-electron chi connectivity index (χ2n) is 18.5. The lowest BCUT2D eigenvalue weighted by atomic mass is 9.93. The van der Waals surface area contributed by atoms with Gasteiger partial charge in [-0.1, -0.05) is 156 Å². The maximum absolute atomic E-state index is 12.4. The third-order valence-corrected chi connectivity index (χ3v) is 13.0. The Hall–Kier alpha value is -1.22. The lowest BCUT2D eigenvalue weighted by molar-refractivity contribution is -0.180. The predicted molar refractivity (Wildman–Crippen MR) is 245 cm³/mol. The average Bonchev–Trinajstić information content (AvgIpc) is 3.66. The van der Waals surface area contributed by atoms with Gasteiger partial charge in [0.1, 0.15) is 0 Å². The van der Waals surface area contributed by atoms with Crippen LogP contribution >= 0.6 is 0 Å². The first-order valence-electron chi connectivity index (χ1n) is 25.9. The first-order chi connectivity index (χ1) is 28.9. The molecule has 0 amide bonds. The molecular formula is C51H97NO7. The van der Waals surface area contributed by atoms with Crippen molar-refractivity contribution in [1.82, 2.24) is 4.90 Å². The molecule has 8 nitrogen and oxygen atoms in total. The highest BCUT2D eigenvalue weighted by atomic mass is 16.7. The third kappa shape index (κ3) is 28.9. The number of hydrogen-bond donors (Lipinski definition) is 0. The standard InChI is InChI=1S/C51H97NO7/c1-5-9-29-46(30-10-6-2)43-49(53)56-39-27-23-19-15-13-17-21-25-34-51(58-45-48(59-51)33-36-52-37-41-55-42-38-52)35-26-22-18-14-16-20-24-28-40-57-50(54)44-47(31-11-7-3)32-12-8-4/h46-48H,5-45H2,1-4H3. The molecule has 0 aromatic heterocycles. The average molecular weight is 836 g/mol. The number of rotatable bonds is 41. The van der Waals surface area contributed by atoms with Gasteiger partial charge in [-0.05, 0) is 69.6 Å². The van der Waals surface area contributed by atoms with Gasteiger partial charge in [-0.15, -0.1) is 0 Å². The van der Waals surface area contributed by atoms with Crippen molar-refractivity contribution in [2.45, 2.75) is 251 Å². The Balaban J connectivity index is 1.57. The zero-order valence-corrected chi connectivity index (χ0v) is 39.5. The van der Waals surface area contributed by atoms with Crippen LogP contribution < -0.4 is 0 Å². The van der Waals surface area contributed by atoms with Crippen LogP contribution in [0.25, 0.3) is 0 Å². The summed E-state index contributed by atoms with van der Waals surface area (Å²) in [4.78, 5) is 27.3. The van der Waals surface area contributed by atoms with E-state index in [0.717, 1.165) is 123 Å². The molecule has 2 saturated heterocycles. The number of nitrogens with zero attached hydrogens (tertiary/aromatic N) is 1. The maximum atomic E-state index is 12.4. The summed E-state index contributed by atoms with van der Waals surface area (Å²) in [6, 6.07) is 0. The highest BCUT2D eigenvalue weighted by molar-refractivity contribution is 5.70. The lowest BCUT2D eigenvalue weighted by Gasteiger charge is -2.30. The molecule has 0 aromatic rings. The molecule has 348 valence electrons. The van der Waals surface area contributed by atoms with Gasteiger partial charge in [-0.25, -0.2) is 0 Å². The van der Waals surface area contributed by atoms with Crippen molar-refractivity contribution in [2.75, 3.05) is 52.7 Å². The number of carbonyl (C=O) groups is 2. The fourth-order valence-electron chi connectivity index (χ4n) is 9.04. The Labute approximate surface area is 365 Å². The van der Waals surface area contributed by atoms with E-state index < -0.39 is 5.79 Å². The van der Waals surface area contributed by atoms with Crippen molar-refractivity contribution in [2.24, 2.45) is 11.8 Å². The first kappa shape index (κ1) is 53.9. The van der Waals surface area contributed by atoms with Crippen LogP contribution in [0.3, 0.4) is 0 Å². The van der Waals surface area contributed by atoms with Crippen LogP contribution in [0.15, 0.2) is 0 Å². The van der Waals surface area contributed by atoms with E-state index in [1.165, 1.54) is 116 Å². The van der Waals surface area contributed by atoms with Crippen LogP contribution in [-0.4, -0.2) is 81.4 Å². The van der Waals surface area contributed by atoms with Crippen LogP contribution in [0.4, 0.5) is 0 Å². The predicted octanol–water partition coefficient (Wildman–Crippen LogP) is 13.7. The number of ether oxygens (including phenoxy) is 5. The molecular weight excluding hydrogens is 739 g/mol. The maximum Gasteiger partial charge on any atom is 0.306 e. The quantitative estimate of drug-likeness (QED) is 0.0445. The second-order valence-corrected chi connectivity index (χ2v) is 18.5. The van der Waals surface area contributed by atoms with Crippen molar-refractivity contribution in [1.29, 1.82) is 0 Å². The van der Waals surface area contributed by atoms with Crippen LogP contribution in [0, 0.1) is 11.8 Å². The summed E-state index contributed by atoms with van der Waals surface area (Å²) in [6.45, 7) is 15.6. The van der Waals surface area contributed by atoms with Gasteiger partial charge in [0.05, 0.1) is 39.1 Å². The molecule has 2 aliphatic heterocycles. The Kier molecular flexibility index (Phi) is 34.1. The van der Waals surface area contributed by atoms with Crippen LogP contribution in [0.5, 0.6) is 0 Å². The number of esters is 2. The van der Waals surface area contributed by atoms with E-state index in [9.17, 15) is 9.59 Å². The zero-order valence-electron chi connectivity index (χ0n) is 39.5. The second kappa shape index (κ2) is 37.3. The monoisotopic (exact) mass is 836 g/mol. The molecule has 0 bridgehead atoms. The molecule has 0 radical (unpaired) electrons. The molecule has 2 rings (SSSR count). The Morgan fingerprint density at radius 3 is 1.36 bits per heavy atom. The summed E-state index contributed by atoms with van der Waals surface area (Å²) in [7, 11) is 0. The van der Waals surface area contributed by atoms with Crippen molar-refractivity contribution in [3.63, 3.8) is 0 Å². The SMILES string of the molecule is CCCCC(CCCC)CC(=O)OCCCCCCCCCCC1(CCCCCCCCCCOC(=O)CC(CCCC)CCCC)OCC(CCN2CCOCC2)O1. The van der Waals surface area contributed by atoms with Gasteiger partial charge in [-0.3, -0.25) is 14.5 Å². The molecule has 0 spiro atoms. The largest absolute Gasteiger partial charge is 0.466 e. The number of unbranched alkanes of at least 4 members (excludes halogenated alkanes) is 18. The highest BCUT2D eigenvalue weighted by Gasteiger charge is 2.40. The Bertz CT molecular complexity index is 900. The van der Waals surface area contributed by atoms with Gasteiger partial charge in [0, 0.05) is 45.3 Å². The molecule has 59 heavy (non-hydrogen) atoms. The van der Waals surface area contributed by atoms with Crippen molar-refractivity contribution >= 4 is 11.9 Å². The number of hydrogen-bond acceptors (Lipinski definition) is 8. The molecule has 2 aliphatic rings. The molecule has 2 fully saturated rings. The summed E-state index contributed by atoms with van der Waals surface area (Å²) in [5.74, 6) is 0.635. The summed E-state index contributed by atoms with van der Waals surface area (Å²) >= 11 is 0. The minimum absolute atomic E-state index is 0.0152. The van der Waals surface area contributed by atoms with Gasteiger partial charge >= 0.3 is 11.9 Å². The van der Waals surface area contributed by atoms with Gasteiger partial charge in [0.25, 0.3) is 0 Å². The summed E-state index contributed by atoms with van der Waals surface area (Å²) in [6.07, 6.45) is 37.9. The smallest absolute Gasteiger partial charge is 0.306 e. The van der Waals surface area contributed by atoms with Crippen molar-refractivity contribution in [3.8, 4) is 0 Å². The first-order valence-corrected chi connectivity index (χ1v) is 25.9. The molecule has 1 atom stereocenters. The molecule has 1 unspecified atom stereocenters. The Morgan fingerprint density at radius 1 is 0.559 bits per heavy atom. The fourth-order valence-corrected chi connectivity index (χ4v) is 9.04. The van der Waals surface area contributed by atoms with E-state index in [2.05, 4.69) is 32.6 Å². The Morgan fingerprint density at radius 2 is 0.949 bits per heavy atom. The normalized spacial score (nSPS) is 17.0. The molecule has 0 aromatic carbocycles. The van der Waals surface area contributed by atoms with E-state index in [1.54, 1.807) is 0 Å². The van der Waals surface area contributed by atoms with Gasteiger partial charge in [0.2, 0.25) is 0 Å². The molecule has 8 heteroatoms. The number of carbonyl (C=O) groups excluding carboxylic acids is 2. The topological polar surface area (TPSA) is 83.5 Å². The number of morpholine rings is 1. The minimum Gasteiger partial charge on any atom is -0.466 e. The molecule has 0 saturated carbocycles. The van der Waals surface area contributed by atoms with Crippen molar-refractivity contribution < 1.29 is 33.3 Å². The van der Waals surface area contributed by atoms with Crippen molar-refractivity contribution in [3.05, 3.63) is 0 Å². The molecule has 0 N–H and O–H groups in total. The van der Waals surface area contributed by atoms with E-state index in [1.807, 2.05) is 0 Å². The van der Waals surface area contributed by atoms with E-state index >= 15 is 0 Å². The summed E-state index contributed by atoms with van der Waals surface area (Å²) in [5.41, 5.74) is 0. The van der Waals surface area contributed by atoms with Gasteiger partial charge in [-0.2, -0.15) is 0 Å². The summed E-state index contributed by atoms with van der Waals surface area (Å²) < 4.78 is 30.2. The minimum atomic E-state index is -0.400. The van der Waals surface area contributed by atoms with Gasteiger partial charge < -0.3 is 23.7 Å². The van der Waals surface area contributed by atoms with Crippen LogP contribution in [0.2, 0.25) is 0 Å². The molecule has 2 heterocycles. The molecule has 0 aliphatic carbocycles. The lowest BCUT2D eigenvalue weighted by Crippen LogP contribution is -2.38. The third-order valence-electron chi connectivity index (χ3n) is 13.0. The van der Waals surface area contributed by atoms with Gasteiger partial charge in [0.15, 0.2) is 5.79 Å². The van der Waals surface area contributed by atoms with E-state index in [-0.39, 0.29) is 18.0 Å². The zero-order chi connectivity index (χ0) is 42.5.